The Labute approximate surface area is 344 Å². The molecule has 0 fully saturated rings. The van der Waals surface area contributed by atoms with Crippen LogP contribution in [-0.2, 0) is 35.6 Å². The predicted molar refractivity (Wildman–Crippen MR) is 232 cm³/mol. The number of carboxylic acids is 2. The number of carbonyl (C=O) groups is 2. The molecule has 1 radical (unpaired) electrons. The minimum absolute atomic E-state index is 0. The van der Waals surface area contributed by atoms with Crippen LogP contribution in [0.15, 0.2) is 194 Å². The summed E-state index contributed by atoms with van der Waals surface area (Å²) in [5, 5.41) is 22.7. The number of ether oxygens (including phenoxy) is 1. The first-order valence-electron chi connectivity index (χ1n) is 17.5. The molecule has 7 nitrogen and oxygen atoms in total. The van der Waals surface area contributed by atoms with Gasteiger partial charge in [0.2, 0.25) is 0 Å². The van der Waals surface area contributed by atoms with Gasteiger partial charge in [0.25, 0.3) is 11.9 Å². The van der Waals surface area contributed by atoms with Crippen molar-refractivity contribution in [1.82, 2.24) is 4.98 Å². The molecule has 56 heavy (non-hydrogen) atoms. The third-order valence-electron chi connectivity index (χ3n) is 7.69. The molecule has 7 aromatic rings. The van der Waals surface area contributed by atoms with Crippen LogP contribution in [0.2, 0.25) is 0 Å². The zero-order valence-electron chi connectivity index (χ0n) is 31.1. The SMILES string of the molecule is CC(=O)O.CC(=O)O.[NH-]Cc1ccccn1.[Ru+].c1ccc([PH+](c2ccccc2)c2ccccc2Oc2ccccc2[PH+](c2ccccc2)c2ccccc2)cc1. The quantitative estimate of drug-likeness (QED) is 0.111. The first-order chi connectivity index (χ1) is 26.8. The van der Waals surface area contributed by atoms with Crippen molar-refractivity contribution in [2.45, 2.75) is 20.4 Å². The van der Waals surface area contributed by atoms with Gasteiger partial charge >= 0.3 is 19.5 Å². The third kappa shape index (κ3) is 14.7. The van der Waals surface area contributed by atoms with Crippen molar-refractivity contribution in [3.8, 4) is 11.5 Å². The molecular weight excluding hydrogens is 824 g/mol. The van der Waals surface area contributed by atoms with Gasteiger partial charge in [-0.05, 0) is 84.9 Å². The monoisotopic (exact) mass is 869 g/mol. The van der Waals surface area contributed by atoms with Gasteiger partial charge in [0.1, 0.15) is 47.7 Å². The van der Waals surface area contributed by atoms with Gasteiger partial charge in [0.15, 0.2) is 11.5 Å². The Kier molecular flexibility index (Phi) is 20.1. The number of nitrogens with one attached hydrogen (secondary N) is 1. The summed E-state index contributed by atoms with van der Waals surface area (Å²) < 4.78 is 6.94. The second-order valence-electron chi connectivity index (χ2n) is 11.8. The van der Waals surface area contributed by atoms with Crippen LogP contribution in [0.25, 0.3) is 5.73 Å². The number of hydrogen-bond donors (Lipinski definition) is 2. The molecule has 0 aliphatic carbocycles. The number of hydrogen-bond acceptors (Lipinski definition) is 4. The van der Waals surface area contributed by atoms with Crippen LogP contribution in [0.4, 0.5) is 0 Å². The van der Waals surface area contributed by atoms with Gasteiger partial charge in [-0.1, -0.05) is 103 Å². The molecule has 7 rings (SSSR count). The minimum atomic E-state index is -1.28. The summed E-state index contributed by atoms with van der Waals surface area (Å²) in [4.78, 5) is 21.9. The van der Waals surface area contributed by atoms with E-state index in [0.717, 1.165) is 31.0 Å². The second kappa shape index (κ2) is 24.9. The molecule has 1 heterocycles. The molecule has 0 spiro atoms. The smallest absolute Gasteiger partial charge is 0.672 e. The number of pyridine rings is 1. The molecule has 0 atom stereocenters. The largest absolute Gasteiger partial charge is 1.00 e. The molecule has 0 saturated carbocycles. The van der Waals surface area contributed by atoms with E-state index < -0.39 is 27.8 Å². The van der Waals surface area contributed by atoms with E-state index in [-0.39, 0.29) is 26.0 Å². The Hall–Kier alpha value is -5.35. The molecule has 0 amide bonds. The van der Waals surface area contributed by atoms with Crippen molar-refractivity contribution in [3.63, 3.8) is 0 Å². The number of aromatic nitrogens is 1. The van der Waals surface area contributed by atoms with Crippen molar-refractivity contribution in [1.29, 1.82) is 0 Å². The average Bonchev–Trinajstić information content (AvgIpc) is 3.21. The Morgan fingerprint density at radius 1 is 0.500 bits per heavy atom. The zero-order chi connectivity index (χ0) is 39.3. The van der Waals surface area contributed by atoms with Crippen LogP contribution in [0, 0.1) is 0 Å². The van der Waals surface area contributed by atoms with Gasteiger partial charge in [0.05, 0.1) is 0 Å². The number of benzene rings is 6. The molecular formula is C46H45N2O5P2Ru+2. The summed E-state index contributed by atoms with van der Waals surface area (Å²) in [6, 6.07) is 66.1. The predicted octanol–water partition coefficient (Wildman–Crippen LogP) is 8.27. The Balaban J connectivity index is 0.000000416. The van der Waals surface area contributed by atoms with E-state index >= 15 is 0 Å². The molecule has 0 unspecified atom stereocenters. The van der Waals surface area contributed by atoms with Gasteiger partial charge < -0.3 is 20.7 Å². The van der Waals surface area contributed by atoms with Gasteiger partial charge in [-0.15, -0.1) is 6.54 Å². The number of carboxylic acid groups (broad SMARTS) is 2. The molecule has 285 valence electrons. The maximum absolute atomic E-state index is 9.00. The summed E-state index contributed by atoms with van der Waals surface area (Å²) in [6.45, 7) is 2.45. The van der Waals surface area contributed by atoms with Crippen LogP contribution in [0.1, 0.15) is 19.5 Å². The van der Waals surface area contributed by atoms with E-state index in [2.05, 4.69) is 175 Å². The zero-order valence-corrected chi connectivity index (χ0v) is 34.8. The molecule has 0 aliphatic rings. The van der Waals surface area contributed by atoms with Crippen molar-refractivity contribution in [3.05, 3.63) is 206 Å². The number of aliphatic carboxylic acids is 2. The molecule has 10 heteroatoms. The molecule has 0 bridgehead atoms. The Morgan fingerprint density at radius 3 is 1.05 bits per heavy atom. The van der Waals surface area contributed by atoms with E-state index in [1.54, 1.807) is 6.20 Å². The fourth-order valence-electron chi connectivity index (χ4n) is 5.52. The van der Waals surface area contributed by atoms with Crippen molar-refractivity contribution >= 4 is 59.6 Å². The molecule has 6 aromatic carbocycles. The topological polar surface area (TPSA) is 121 Å². The summed E-state index contributed by atoms with van der Waals surface area (Å²) in [7, 11) is -2.56. The summed E-state index contributed by atoms with van der Waals surface area (Å²) in [5.41, 5.74) is 7.71. The Bertz CT molecular complexity index is 1940. The third-order valence-corrected chi connectivity index (χ3v) is 13.2. The molecule has 0 aliphatic heterocycles. The summed E-state index contributed by atoms with van der Waals surface area (Å²) in [6.07, 6.45) is 1.70. The van der Waals surface area contributed by atoms with Crippen LogP contribution in [-0.4, -0.2) is 27.1 Å². The minimum Gasteiger partial charge on any atom is -0.672 e. The fraction of sp³-hybridized carbons (Fsp3) is 0.0652. The summed E-state index contributed by atoms with van der Waals surface area (Å²) in [5.74, 6) is 0.183. The van der Waals surface area contributed by atoms with Crippen molar-refractivity contribution in [2.75, 3.05) is 0 Å². The molecule has 1 aromatic heterocycles. The fourth-order valence-corrected chi connectivity index (χ4v) is 10.8. The van der Waals surface area contributed by atoms with Crippen LogP contribution in [0.3, 0.4) is 0 Å². The maximum atomic E-state index is 9.00. The standard InChI is InChI=1S/C36H28OP2.C6H7N2.2C2H4O2.Ru/c1-5-17-29(18-6-1)38(30-19-7-2-8-20-30)35-27-15-13-25-33(35)37-34-26-14-16-28-36(34)39(31-21-9-3-10-22-31)32-23-11-4-12-24-32;7-5-6-3-1-2-4-8-6;2*1-2(3)4;/h1-28H;1-4,7H,5H2;2*1H3,(H,3,4);/q;-1;;;+1/p+2. The average molecular weight is 869 g/mol. The first kappa shape index (κ1) is 45.0. The first-order valence-corrected chi connectivity index (χ1v) is 20.5. The van der Waals surface area contributed by atoms with E-state index in [0.29, 0.717) is 0 Å². The maximum Gasteiger partial charge on any atom is 1.00 e. The number of rotatable bonds is 9. The van der Waals surface area contributed by atoms with Gasteiger partial charge in [-0.3, -0.25) is 14.6 Å². The second-order valence-corrected chi connectivity index (χ2v) is 16.7. The number of nitrogens with zero attached hydrogens (tertiary/aromatic N) is 1. The van der Waals surface area contributed by atoms with Crippen molar-refractivity contribution in [2.24, 2.45) is 0 Å². The van der Waals surface area contributed by atoms with E-state index in [9.17, 15) is 0 Å². The Morgan fingerprint density at radius 2 is 0.786 bits per heavy atom. The molecule has 0 saturated heterocycles. The number of para-hydroxylation sites is 2. The van der Waals surface area contributed by atoms with Gasteiger partial charge in [-0.2, -0.15) is 0 Å². The normalized spacial score (nSPS) is 9.88. The van der Waals surface area contributed by atoms with E-state index in [1.807, 2.05) is 18.2 Å². The van der Waals surface area contributed by atoms with Gasteiger partial charge in [0, 0.05) is 25.7 Å². The van der Waals surface area contributed by atoms with Crippen LogP contribution < -0.4 is 36.6 Å². The van der Waals surface area contributed by atoms with Gasteiger partial charge in [-0.25, -0.2) is 0 Å². The van der Waals surface area contributed by atoms with E-state index in [4.69, 9.17) is 30.3 Å². The summed E-state index contributed by atoms with van der Waals surface area (Å²) >= 11 is 0. The molecule has 3 N–H and O–H groups in total. The van der Waals surface area contributed by atoms with Crippen LogP contribution in [0.5, 0.6) is 11.5 Å². The van der Waals surface area contributed by atoms with Crippen LogP contribution >= 0.6 is 15.8 Å². The van der Waals surface area contributed by atoms with Crippen molar-refractivity contribution < 1.29 is 44.0 Å². The van der Waals surface area contributed by atoms with E-state index in [1.165, 1.54) is 31.8 Å².